The van der Waals surface area contributed by atoms with Gasteiger partial charge in [-0.2, -0.15) is 0 Å². The highest BCUT2D eigenvalue weighted by Gasteiger charge is 2.41. The van der Waals surface area contributed by atoms with Crippen LogP contribution < -0.4 is 0 Å². The van der Waals surface area contributed by atoms with Crippen LogP contribution in [0.2, 0.25) is 0 Å². The van der Waals surface area contributed by atoms with Crippen molar-refractivity contribution >= 4 is 5.97 Å². The number of hydrogen-bond donors (Lipinski definition) is 1. The van der Waals surface area contributed by atoms with E-state index in [1.165, 1.54) is 13.2 Å². The van der Waals surface area contributed by atoms with E-state index in [0.29, 0.717) is 5.57 Å². The largest absolute Gasteiger partial charge is 0.452 e. The summed E-state index contributed by atoms with van der Waals surface area (Å²) in [5.41, 5.74) is 0.561. The second-order valence-electron chi connectivity index (χ2n) is 2.97. The average molecular weight is 186 g/mol. The SMILES string of the molecule is CO[C@@H]1OC[C@H](O)[C@@H]2OC(=O)C=C12. The quantitative estimate of drug-likeness (QED) is 0.543. The van der Waals surface area contributed by atoms with Gasteiger partial charge in [0.05, 0.1) is 6.61 Å². The fourth-order valence-corrected chi connectivity index (χ4v) is 1.52. The Morgan fingerprint density at radius 1 is 1.69 bits per heavy atom. The molecule has 5 nitrogen and oxygen atoms in total. The van der Waals surface area contributed by atoms with Crippen molar-refractivity contribution in [1.82, 2.24) is 0 Å². The van der Waals surface area contributed by atoms with Crippen molar-refractivity contribution in [2.75, 3.05) is 13.7 Å². The molecule has 0 aromatic rings. The Balaban J connectivity index is 2.23. The van der Waals surface area contributed by atoms with E-state index >= 15 is 0 Å². The minimum absolute atomic E-state index is 0.119. The van der Waals surface area contributed by atoms with E-state index in [1.807, 2.05) is 0 Å². The van der Waals surface area contributed by atoms with E-state index in [0.717, 1.165) is 0 Å². The molecule has 0 aromatic heterocycles. The molecule has 1 fully saturated rings. The number of carbonyl (C=O) groups excluding carboxylic acids is 1. The highest BCUT2D eigenvalue weighted by Crippen LogP contribution is 2.28. The van der Waals surface area contributed by atoms with Crippen molar-refractivity contribution in [2.24, 2.45) is 0 Å². The summed E-state index contributed by atoms with van der Waals surface area (Å²) in [6.07, 6.45) is -0.642. The van der Waals surface area contributed by atoms with Gasteiger partial charge in [0.25, 0.3) is 0 Å². The third-order valence-corrected chi connectivity index (χ3v) is 2.11. The van der Waals surface area contributed by atoms with Gasteiger partial charge in [-0.3, -0.25) is 0 Å². The molecule has 0 amide bonds. The first kappa shape index (κ1) is 8.68. The monoisotopic (exact) mass is 186 g/mol. The molecular weight excluding hydrogens is 176 g/mol. The van der Waals surface area contributed by atoms with E-state index in [9.17, 15) is 9.90 Å². The lowest BCUT2D eigenvalue weighted by Crippen LogP contribution is -2.43. The van der Waals surface area contributed by atoms with Crippen molar-refractivity contribution in [3.63, 3.8) is 0 Å². The van der Waals surface area contributed by atoms with Crippen LogP contribution in [0.1, 0.15) is 0 Å². The molecule has 2 aliphatic heterocycles. The van der Waals surface area contributed by atoms with Crippen molar-refractivity contribution in [2.45, 2.75) is 18.5 Å². The molecule has 13 heavy (non-hydrogen) atoms. The van der Waals surface area contributed by atoms with Gasteiger partial charge < -0.3 is 19.3 Å². The summed E-state index contributed by atoms with van der Waals surface area (Å²) < 4.78 is 15.0. The van der Waals surface area contributed by atoms with E-state index < -0.39 is 24.5 Å². The van der Waals surface area contributed by atoms with Gasteiger partial charge in [-0.25, -0.2) is 4.79 Å². The molecule has 2 aliphatic rings. The molecule has 3 atom stereocenters. The lowest BCUT2D eigenvalue weighted by molar-refractivity contribution is -0.176. The molecule has 0 saturated carbocycles. The summed E-state index contributed by atoms with van der Waals surface area (Å²) in [5.74, 6) is -0.452. The minimum atomic E-state index is -0.788. The molecule has 0 radical (unpaired) electrons. The zero-order valence-corrected chi connectivity index (χ0v) is 7.10. The summed E-state index contributed by atoms with van der Waals surface area (Å²) in [5, 5.41) is 9.41. The third-order valence-electron chi connectivity index (χ3n) is 2.11. The Morgan fingerprint density at radius 2 is 2.46 bits per heavy atom. The normalized spacial score (nSPS) is 38.2. The highest BCUT2D eigenvalue weighted by atomic mass is 16.7. The van der Waals surface area contributed by atoms with Crippen molar-refractivity contribution in [3.05, 3.63) is 11.6 Å². The lowest BCUT2D eigenvalue weighted by Gasteiger charge is -2.30. The summed E-state index contributed by atoms with van der Waals surface area (Å²) in [6, 6.07) is 0. The van der Waals surface area contributed by atoms with E-state index in [4.69, 9.17) is 14.2 Å². The molecule has 2 heterocycles. The fourth-order valence-electron chi connectivity index (χ4n) is 1.52. The Kier molecular flexibility index (Phi) is 2.07. The number of hydrogen-bond acceptors (Lipinski definition) is 5. The minimum Gasteiger partial charge on any atom is -0.452 e. The number of aliphatic hydroxyl groups excluding tert-OH is 1. The van der Waals surface area contributed by atoms with Crippen LogP contribution in [0.3, 0.4) is 0 Å². The lowest BCUT2D eigenvalue weighted by atomic mass is 10.0. The molecule has 0 aromatic carbocycles. The Labute approximate surface area is 74.9 Å². The first-order chi connectivity index (χ1) is 6.22. The van der Waals surface area contributed by atoms with Crippen molar-refractivity contribution in [1.29, 1.82) is 0 Å². The van der Waals surface area contributed by atoms with Gasteiger partial charge in [-0.15, -0.1) is 0 Å². The second-order valence-corrected chi connectivity index (χ2v) is 2.97. The summed E-state index contributed by atoms with van der Waals surface area (Å²) in [4.78, 5) is 10.9. The molecule has 0 bridgehead atoms. The molecule has 1 N–H and O–H groups in total. The molecule has 0 aliphatic carbocycles. The highest BCUT2D eigenvalue weighted by molar-refractivity contribution is 5.86. The fraction of sp³-hybridized carbons (Fsp3) is 0.625. The van der Waals surface area contributed by atoms with Gasteiger partial charge in [-0.05, 0) is 0 Å². The van der Waals surface area contributed by atoms with Gasteiger partial charge in [0.15, 0.2) is 12.4 Å². The molecular formula is C8H10O5. The molecule has 1 saturated heterocycles. The number of carbonyl (C=O) groups is 1. The summed E-state index contributed by atoms with van der Waals surface area (Å²) >= 11 is 0. The van der Waals surface area contributed by atoms with Crippen LogP contribution in [-0.2, 0) is 19.0 Å². The number of rotatable bonds is 1. The Morgan fingerprint density at radius 3 is 3.15 bits per heavy atom. The topological polar surface area (TPSA) is 65.0 Å². The average Bonchev–Trinajstić information content (AvgIpc) is 2.48. The van der Waals surface area contributed by atoms with Crippen molar-refractivity contribution < 1.29 is 24.1 Å². The molecule has 2 rings (SSSR count). The second kappa shape index (κ2) is 3.10. The molecule has 5 heteroatoms. The maximum atomic E-state index is 10.9. The molecule has 72 valence electrons. The molecule has 0 unspecified atom stereocenters. The van der Waals surface area contributed by atoms with Crippen LogP contribution in [0, 0.1) is 0 Å². The zero-order valence-electron chi connectivity index (χ0n) is 7.10. The van der Waals surface area contributed by atoms with Crippen LogP contribution in [0.5, 0.6) is 0 Å². The Hall–Kier alpha value is -0.910. The van der Waals surface area contributed by atoms with Gasteiger partial charge >= 0.3 is 5.97 Å². The smallest absolute Gasteiger partial charge is 0.331 e. The van der Waals surface area contributed by atoms with E-state index in [2.05, 4.69) is 0 Å². The first-order valence-electron chi connectivity index (χ1n) is 3.97. The van der Waals surface area contributed by atoms with Gasteiger partial charge in [0.1, 0.15) is 6.10 Å². The van der Waals surface area contributed by atoms with Gasteiger partial charge in [-0.1, -0.05) is 0 Å². The maximum Gasteiger partial charge on any atom is 0.331 e. The standard InChI is InChI=1S/C8H10O5/c1-11-8-4-2-6(10)13-7(4)5(9)3-12-8/h2,5,7-9H,3H2,1H3/t5-,7+,8+/m0/s1. The number of fused-ring (bicyclic) bond motifs is 1. The predicted molar refractivity (Wildman–Crippen MR) is 40.7 cm³/mol. The van der Waals surface area contributed by atoms with E-state index in [1.54, 1.807) is 0 Å². The number of ether oxygens (including phenoxy) is 3. The van der Waals surface area contributed by atoms with Gasteiger partial charge in [0.2, 0.25) is 0 Å². The molecule has 0 spiro atoms. The Bertz CT molecular complexity index is 259. The van der Waals surface area contributed by atoms with E-state index in [-0.39, 0.29) is 6.61 Å². The maximum absolute atomic E-state index is 10.9. The summed E-state index contributed by atoms with van der Waals surface area (Å²) in [6.45, 7) is 0.119. The number of aliphatic hydroxyl groups is 1. The van der Waals surface area contributed by atoms with Gasteiger partial charge in [0, 0.05) is 18.8 Å². The van der Waals surface area contributed by atoms with Crippen LogP contribution in [-0.4, -0.2) is 43.3 Å². The summed E-state index contributed by atoms with van der Waals surface area (Å²) in [7, 11) is 1.48. The van der Waals surface area contributed by atoms with Crippen molar-refractivity contribution in [3.8, 4) is 0 Å². The van der Waals surface area contributed by atoms with Crippen LogP contribution in [0.4, 0.5) is 0 Å². The third kappa shape index (κ3) is 1.35. The van der Waals surface area contributed by atoms with Crippen LogP contribution in [0.25, 0.3) is 0 Å². The number of esters is 1. The van der Waals surface area contributed by atoms with Crippen LogP contribution >= 0.6 is 0 Å². The first-order valence-corrected chi connectivity index (χ1v) is 3.97. The predicted octanol–water partition coefficient (Wildman–Crippen LogP) is -0.798. The zero-order chi connectivity index (χ0) is 9.42. The van der Waals surface area contributed by atoms with Crippen LogP contribution in [0.15, 0.2) is 11.6 Å². The number of methoxy groups -OCH3 is 1.